The number of benzene rings is 1. The van der Waals surface area contributed by atoms with Crippen molar-refractivity contribution >= 4 is 27.1 Å². The monoisotopic (exact) mass is 288 g/mol. The van der Waals surface area contributed by atoms with Crippen molar-refractivity contribution in [1.29, 1.82) is 5.26 Å². The molecular weight excluding hydrogens is 280 g/mol. The van der Waals surface area contributed by atoms with Gasteiger partial charge in [-0.15, -0.1) is 11.6 Å². The molecule has 0 aromatic heterocycles. The molecule has 0 aliphatic carbocycles. The van der Waals surface area contributed by atoms with E-state index < -0.39 is 20.4 Å². The second-order valence-electron chi connectivity index (χ2n) is 3.41. The van der Waals surface area contributed by atoms with Crippen LogP contribution in [0, 0.1) is 21.4 Å². The standard InChI is InChI=1S/C10H9ClN2O4S/c11-4-1-5-18(16,17)9-2-3-10(13(14)15)8(6-9)7-12/h2-3,6H,1,4-5H2. The molecule has 96 valence electrons. The molecule has 0 amide bonds. The van der Waals surface area contributed by atoms with Gasteiger partial charge in [-0.2, -0.15) is 5.26 Å². The molecule has 18 heavy (non-hydrogen) atoms. The first-order chi connectivity index (χ1) is 8.42. The third kappa shape index (κ3) is 3.18. The molecule has 0 radical (unpaired) electrons. The van der Waals surface area contributed by atoms with Crippen molar-refractivity contribution in [2.75, 3.05) is 11.6 Å². The van der Waals surface area contributed by atoms with Crippen molar-refractivity contribution in [3.05, 3.63) is 33.9 Å². The molecule has 8 heteroatoms. The van der Waals surface area contributed by atoms with Crippen LogP contribution in [0.5, 0.6) is 0 Å². The van der Waals surface area contributed by atoms with Gasteiger partial charge in [0.1, 0.15) is 11.6 Å². The lowest BCUT2D eigenvalue weighted by molar-refractivity contribution is -0.385. The lowest BCUT2D eigenvalue weighted by Crippen LogP contribution is -2.08. The van der Waals surface area contributed by atoms with Gasteiger partial charge in [-0.25, -0.2) is 8.42 Å². The Morgan fingerprint density at radius 1 is 1.44 bits per heavy atom. The highest BCUT2D eigenvalue weighted by atomic mass is 35.5. The van der Waals surface area contributed by atoms with Crippen LogP contribution in [0.15, 0.2) is 23.1 Å². The van der Waals surface area contributed by atoms with Gasteiger partial charge >= 0.3 is 0 Å². The van der Waals surface area contributed by atoms with Crippen LogP contribution in [0.3, 0.4) is 0 Å². The van der Waals surface area contributed by atoms with Crippen molar-refractivity contribution in [3.63, 3.8) is 0 Å². The van der Waals surface area contributed by atoms with Crippen LogP contribution in [0.25, 0.3) is 0 Å². The summed E-state index contributed by atoms with van der Waals surface area (Å²) in [6.07, 6.45) is 0.281. The summed E-state index contributed by atoms with van der Waals surface area (Å²) in [4.78, 5) is 9.77. The van der Waals surface area contributed by atoms with Gasteiger partial charge < -0.3 is 0 Å². The molecular formula is C10H9ClN2O4S. The Morgan fingerprint density at radius 2 is 2.11 bits per heavy atom. The van der Waals surface area contributed by atoms with Crippen molar-refractivity contribution < 1.29 is 13.3 Å². The van der Waals surface area contributed by atoms with Crippen LogP contribution in [0.1, 0.15) is 12.0 Å². The fourth-order valence-corrected chi connectivity index (χ4v) is 2.94. The van der Waals surface area contributed by atoms with Gasteiger partial charge in [0.25, 0.3) is 5.69 Å². The summed E-state index contributed by atoms with van der Waals surface area (Å²) >= 11 is 5.41. The zero-order valence-electron chi connectivity index (χ0n) is 9.17. The first kappa shape index (κ1) is 14.4. The Morgan fingerprint density at radius 3 is 2.61 bits per heavy atom. The molecule has 0 spiro atoms. The van der Waals surface area contributed by atoms with Gasteiger partial charge in [-0.05, 0) is 18.6 Å². The number of hydrogen-bond donors (Lipinski definition) is 0. The maximum atomic E-state index is 11.8. The largest absolute Gasteiger partial charge is 0.287 e. The molecule has 6 nitrogen and oxygen atoms in total. The van der Waals surface area contributed by atoms with Crippen LogP contribution in [0.4, 0.5) is 5.69 Å². The highest BCUT2D eigenvalue weighted by molar-refractivity contribution is 7.91. The smallest absolute Gasteiger partial charge is 0.258 e. The van der Waals surface area contributed by atoms with Crippen molar-refractivity contribution in [2.24, 2.45) is 0 Å². The van der Waals surface area contributed by atoms with E-state index in [1.807, 2.05) is 0 Å². The summed E-state index contributed by atoms with van der Waals surface area (Å²) in [7, 11) is -3.56. The number of nitriles is 1. The van der Waals surface area contributed by atoms with Crippen LogP contribution in [-0.2, 0) is 9.84 Å². The van der Waals surface area contributed by atoms with Crippen LogP contribution < -0.4 is 0 Å². The fourth-order valence-electron chi connectivity index (χ4n) is 1.32. The average Bonchev–Trinajstić information content (AvgIpc) is 2.35. The van der Waals surface area contributed by atoms with Crippen molar-refractivity contribution in [2.45, 2.75) is 11.3 Å². The van der Waals surface area contributed by atoms with E-state index in [0.717, 1.165) is 18.2 Å². The zero-order valence-corrected chi connectivity index (χ0v) is 10.7. The van der Waals surface area contributed by atoms with Gasteiger partial charge in [0.2, 0.25) is 0 Å². The van der Waals surface area contributed by atoms with E-state index in [0.29, 0.717) is 0 Å². The molecule has 1 aromatic rings. The highest BCUT2D eigenvalue weighted by Gasteiger charge is 2.20. The van der Waals surface area contributed by atoms with Crippen molar-refractivity contribution in [1.82, 2.24) is 0 Å². The summed E-state index contributed by atoms with van der Waals surface area (Å²) in [5.74, 6) is 0.0521. The maximum absolute atomic E-state index is 11.8. The summed E-state index contributed by atoms with van der Waals surface area (Å²) < 4.78 is 23.6. The number of nitrogens with zero attached hydrogens (tertiary/aromatic N) is 2. The Hall–Kier alpha value is -1.65. The van der Waals surface area contributed by atoms with E-state index in [9.17, 15) is 18.5 Å². The SMILES string of the molecule is N#Cc1cc(S(=O)(=O)CCCCl)ccc1[N+](=O)[O-]. The van der Waals surface area contributed by atoms with Crippen LogP contribution >= 0.6 is 11.6 Å². The van der Waals surface area contributed by atoms with Gasteiger partial charge in [0.05, 0.1) is 15.6 Å². The summed E-state index contributed by atoms with van der Waals surface area (Å²) in [6, 6.07) is 4.78. The predicted molar refractivity (Wildman–Crippen MR) is 65.2 cm³/mol. The van der Waals surface area contributed by atoms with Gasteiger partial charge in [-0.3, -0.25) is 10.1 Å². The van der Waals surface area contributed by atoms with Crippen LogP contribution in [0.2, 0.25) is 0 Å². The van der Waals surface area contributed by atoms with Gasteiger partial charge in [0, 0.05) is 11.9 Å². The number of nitro groups is 1. The minimum absolute atomic E-state index is 0.102. The fraction of sp³-hybridized carbons (Fsp3) is 0.300. The highest BCUT2D eigenvalue weighted by Crippen LogP contribution is 2.22. The summed E-state index contributed by atoms with van der Waals surface area (Å²) in [5, 5.41) is 19.4. The van der Waals surface area contributed by atoms with E-state index in [1.165, 1.54) is 0 Å². The summed E-state index contributed by atoms with van der Waals surface area (Å²) in [6.45, 7) is 0. The topological polar surface area (TPSA) is 101 Å². The number of nitro benzene ring substituents is 1. The number of rotatable bonds is 5. The molecule has 0 saturated carbocycles. The number of alkyl halides is 1. The molecule has 1 rings (SSSR count). The predicted octanol–water partition coefficient (Wildman–Crippen LogP) is 1.87. The Labute approximate surface area is 109 Å². The van der Waals surface area contributed by atoms with E-state index in [-0.39, 0.29) is 28.5 Å². The van der Waals surface area contributed by atoms with Gasteiger partial charge in [0.15, 0.2) is 9.84 Å². The molecule has 0 unspecified atom stereocenters. The molecule has 0 atom stereocenters. The Balaban J connectivity index is 3.22. The third-order valence-corrected chi connectivity index (χ3v) is 4.26. The first-order valence-corrected chi connectivity index (χ1v) is 7.08. The molecule has 1 aromatic carbocycles. The first-order valence-electron chi connectivity index (χ1n) is 4.89. The minimum Gasteiger partial charge on any atom is -0.258 e. The van der Waals surface area contributed by atoms with Crippen LogP contribution in [-0.4, -0.2) is 25.0 Å². The normalized spacial score (nSPS) is 10.9. The maximum Gasteiger partial charge on any atom is 0.287 e. The van der Waals surface area contributed by atoms with E-state index in [1.54, 1.807) is 6.07 Å². The lowest BCUT2D eigenvalue weighted by Gasteiger charge is -2.03. The quantitative estimate of drug-likeness (QED) is 0.467. The van der Waals surface area contributed by atoms with Crippen molar-refractivity contribution in [3.8, 4) is 6.07 Å². The second kappa shape index (κ2) is 5.80. The number of sulfone groups is 1. The van der Waals surface area contributed by atoms with E-state index in [2.05, 4.69) is 0 Å². The zero-order chi connectivity index (χ0) is 13.8. The molecule has 0 heterocycles. The number of halogens is 1. The molecule has 0 N–H and O–H groups in total. The lowest BCUT2D eigenvalue weighted by atomic mass is 10.2. The molecule has 0 saturated heterocycles. The minimum atomic E-state index is -3.56. The number of hydrogen-bond acceptors (Lipinski definition) is 5. The van der Waals surface area contributed by atoms with E-state index >= 15 is 0 Å². The molecule has 0 aliphatic heterocycles. The second-order valence-corrected chi connectivity index (χ2v) is 5.90. The Kier molecular flexibility index (Phi) is 4.64. The molecule has 0 aliphatic rings. The van der Waals surface area contributed by atoms with E-state index in [4.69, 9.17) is 16.9 Å². The average molecular weight is 289 g/mol. The van der Waals surface area contributed by atoms with Gasteiger partial charge in [-0.1, -0.05) is 0 Å². The molecule has 0 fully saturated rings. The molecule has 0 bridgehead atoms. The third-order valence-electron chi connectivity index (χ3n) is 2.19. The Bertz CT molecular complexity index is 607. The summed E-state index contributed by atoms with van der Waals surface area (Å²) in [5.41, 5.74) is -0.680.